The zero-order chi connectivity index (χ0) is 15.6. The van der Waals surface area contributed by atoms with Gasteiger partial charge in [-0.3, -0.25) is 15.6 Å². The largest absolute Gasteiger partial charge is 0.339 e. The summed E-state index contributed by atoms with van der Waals surface area (Å²) < 4.78 is 0. The van der Waals surface area contributed by atoms with Crippen LogP contribution >= 0.6 is 0 Å². The van der Waals surface area contributed by atoms with Gasteiger partial charge in [0.15, 0.2) is 0 Å². The van der Waals surface area contributed by atoms with Crippen LogP contribution in [0.5, 0.6) is 0 Å². The average molecular weight is 290 g/mol. The summed E-state index contributed by atoms with van der Waals surface area (Å²) in [7, 11) is 0. The maximum absolute atomic E-state index is 12.6. The quantitative estimate of drug-likeness (QED) is 0.648. The van der Waals surface area contributed by atoms with E-state index in [1.807, 2.05) is 11.8 Å². The Morgan fingerprint density at radius 3 is 2.52 bits per heavy atom. The Balaban J connectivity index is 2.09. The number of hydrazine groups is 1. The molecular weight excluding hydrogens is 264 g/mol. The van der Waals surface area contributed by atoms with Crippen LogP contribution in [0.1, 0.15) is 49.7 Å². The molecule has 0 spiro atoms. The van der Waals surface area contributed by atoms with Gasteiger partial charge in [0.05, 0.1) is 11.3 Å². The summed E-state index contributed by atoms with van der Waals surface area (Å²) in [6, 6.07) is 1.80. The molecule has 0 bridgehead atoms. The highest BCUT2D eigenvalue weighted by Crippen LogP contribution is 2.34. The first kappa shape index (κ1) is 15.8. The van der Waals surface area contributed by atoms with Crippen molar-refractivity contribution in [1.29, 1.82) is 0 Å². The number of nitrogens with one attached hydrogen (secondary N) is 1. The fourth-order valence-corrected chi connectivity index (χ4v) is 2.97. The number of nitrogen functional groups attached to an aromatic ring is 1. The molecular formula is C16H26N4O. The van der Waals surface area contributed by atoms with E-state index in [1.54, 1.807) is 12.3 Å². The van der Waals surface area contributed by atoms with Crippen LogP contribution in [0, 0.1) is 18.3 Å². The Morgan fingerprint density at radius 2 is 2.00 bits per heavy atom. The second kappa shape index (κ2) is 6.02. The molecule has 1 amide bonds. The number of aryl methyl sites for hydroxylation is 1. The van der Waals surface area contributed by atoms with Crippen molar-refractivity contribution in [2.75, 3.05) is 18.5 Å². The standard InChI is InChI=1S/C16H26N4O/c1-11-9-14(19-17)13(10-18-11)15(21)20-7-5-12(6-8-20)16(2,3)4/h9-10,12H,5-8,17H2,1-4H3,(H,18,19). The van der Waals surface area contributed by atoms with Gasteiger partial charge in [0.2, 0.25) is 0 Å². The fraction of sp³-hybridized carbons (Fsp3) is 0.625. The molecule has 1 saturated heterocycles. The first-order valence-corrected chi connectivity index (χ1v) is 7.55. The smallest absolute Gasteiger partial charge is 0.257 e. The first-order valence-electron chi connectivity index (χ1n) is 7.55. The lowest BCUT2D eigenvalue weighted by Crippen LogP contribution is -2.41. The number of nitrogens with two attached hydrogens (primary N) is 1. The third kappa shape index (κ3) is 3.53. The van der Waals surface area contributed by atoms with E-state index < -0.39 is 0 Å². The monoisotopic (exact) mass is 290 g/mol. The molecule has 0 atom stereocenters. The number of amides is 1. The Morgan fingerprint density at radius 1 is 1.38 bits per heavy atom. The summed E-state index contributed by atoms with van der Waals surface area (Å²) >= 11 is 0. The molecule has 1 aromatic heterocycles. The van der Waals surface area contributed by atoms with Crippen molar-refractivity contribution in [3.8, 4) is 0 Å². The third-order valence-corrected chi connectivity index (χ3v) is 4.43. The van der Waals surface area contributed by atoms with E-state index in [4.69, 9.17) is 5.84 Å². The van der Waals surface area contributed by atoms with Gasteiger partial charge in [-0.25, -0.2) is 0 Å². The van der Waals surface area contributed by atoms with Crippen LogP contribution in [-0.4, -0.2) is 28.9 Å². The fourth-order valence-electron chi connectivity index (χ4n) is 2.97. The molecule has 0 saturated carbocycles. The van der Waals surface area contributed by atoms with Gasteiger partial charge in [-0.1, -0.05) is 20.8 Å². The number of hydrogen-bond acceptors (Lipinski definition) is 4. The second-order valence-corrected chi connectivity index (χ2v) is 6.95. The van der Waals surface area contributed by atoms with E-state index >= 15 is 0 Å². The number of hydrogen-bond donors (Lipinski definition) is 2. The number of carbonyl (C=O) groups excluding carboxylic acids is 1. The van der Waals surface area contributed by atoms with E-state index in [2.05, 4.69) is 31.2 Å². The van der Waals surface area contributed by atoms with Gasteiger partial charge in [-0.2, -0.15) is 0 Å². The van der Waals surface area contributed by atoms with E-state index in [1.165, 1.54) is 0 Å². The number of anilines is 1. The first-order chi connectivity index (χ1) is 9.82. The van der Waals surface area contributed by atoms with Crippen molar-refractivity contribution >= 4 is 11.6 Å². The Hall–Kier alpha value is -1.62. The van der Waals surface area contributed by atoms with Crippen LogP contribution in [0.15, 0.2) is 12.3 Å². The van der Waals surface area contributed by atoms with Gasteiger partial charge in [0.25, 0.3) is 5.91 Å². The number of aromatic nitrogens is 1. The molecule has 3 N–H and O–H groups in total. The highest BCUT2D eigenvalue weighted by Gasteiger charge is 2.31. The lowest BCUT2D eigenvalue weighted by molar-refractivity contribution is 0.0609. The molecule has 1 aliphatic heterocycles. The molecule has 0 aliphatic carbocycles. The lowest BCUT2D eigenvalue weighted by Gasteiger charge is -2.38. The van der Waals surface area contributed by atoms with Crippen molar-refractivity contribution in [2.45, 2.75) is 40.5 Å². The van der Waals surface area contributed by atoms with Gasteiger partial charge in [0.1, 0.15) is 0 Å². The summed E-state index contributed by atoms with van der Waals surface area (Å²) in [6.45, 7) is 10.3. The van der Waals surface area contributed by atoms with Gasteiger partial charge < -0.3 is 10.3 Å². The molecule has 1 aromatic rings. The van der Waals surface area contributed by atoms with Gasteiger partial charge in [-0.15, -0.1) is 0 Å². The van der Waals surface area contributed by atoms with E-state index in [9.17, 15) is 4.79 Å². The van der Waals surface area contributed by atoms with Crippen molar-refractivity contribution < 1.29 is 4.79 Å². The van der Waals surface area contributed by atoms with Crippen LogP contribution in [0.2, 0.25) is 0 Å². The minimum absolute atomic E-state index is 0.0165. The maximum Gasteiger partial charge on any atom is 0.257 e. The van der Waals surface area contributed by atoms with Crippen molar-refractivity contribution in [2.24, 2.45) is 17.2 Å². The summed E-state index contributed by atoms with van der Waals surface area (Å²) in [5, 5.41) is 0. The summed E-state index contributed by atoms with van der Waals surface area (Å²) in [5.41, 5.74) is 4.95. The Bertz CT molecular complexity index is 513. The Kier molecular flexibility index (Phi) is 4.52. The zero-order valence-corrected chi connectivity index (χ0v) is 13.4. The van der Waals surface area contributed by atoms with Crippen molar-refractivity contribution in [3.05, 3.63) is 23.5 Å². The van der Waals surface area contributed by atoms with Crippen molar-refractivity contribution in [1.82, 2.24) is 9.88 Å². The zero-order valence-electron chi connectivity index (χ0n) is 13.4. The molecule has 0 unspecified atom stereocenters. The summed E-state index contributed by atoms with van der Waals surface area (Å²) in [5.74, 6) is 6.21. The SMILES string of the molecule is Cc1cc(NN)c(C(=O)N2CCC(C(C)(C)C)CC2)cn1. The molecule has 0 aromatic carbocycles. The van der Waals surface area contributed by atoms with Crippen LogP contribution in [0.25, 0.3) is 0 Å². The predicted octanol–water partition coefficient (Wildman–Crippen LogP) is 2.57. The molecule has 5 heteroatoms. The normalized spacial score (nSPS) is 16.9. The van der Waals surface area contributed by atoms with E-state index in [0.717, 1.165) is 31.6 Å². The Labute approximate surface area is 126 Å². The third-order valence-electron chi connectivity index (χ3n) is 4.43. The van der Waals surface area contributed by atoms with E-state index in [0.29, 0.717) is 22.6 Å². The number of piperidine rings is 1. The van der Waals surface area contributed by atoms with Crippen LogP contribution in [-0.2, 0) is 0 Å². The average Bonchev–Trinajstić information content (AvgIpc) is 2.45. The molecule has 1 fully saturated rings. The van der Waals surface area contributed by atoms with Crippen LogP contribution in [0.4, 0.5) is 5.69 Å². The summed E-state index contributed by atoms with van der Waals surface area (Å²) in [6.07, 6.45) is 3.72. The molecule has 21 heavy (non-hydrogen) atoms. The molecule has 2 rings (SSSR count). The maximum atomic E-state index is 12.6. The number of likely N-dealkylation sites (tertiary alicyclic amines) is 1. The van der Waals surface area contributed by atoms with Gasteiger partial charge in [0, 0.05) is 25.0 Å². The van der Waals surface area contributed by atoms with Crippen molar-refractivity contribution in [3.63, 3.8) is 0 Å². The lowest BCUT2D eigenvalue weighted by atomic mass is 9.75. The molecule has 1 aliphatic rings. The molecule has 5 nitrogen and oxygen atoms in total. The molecule has 2 heterocycles. The molecule has 116 valence electrons. The van der Waals surface area contributed by atoms with E-state index in [-0.39, 0.29) is 5.91 Å². The van der Waals surface area contributed by atoms with Gasteiger partial charge in [-0.05, 0) is 37.2 Å². The number of rotatable bonds is 2. The highest BCUT2D eigenvalue weighted by atomic mass is 16.2. The minimum Gasteiger partial charge on any atom is -0.339 e. The predicted molar refractivity (Wildman–Crippen MR) is 84.9 cm³/mol. The minimum atomic E-state index is 0.0165. The van der Waals surface area contributed by atoms with Crippen LogP contribution < -0.4 is 11.3 Å². The van der Waals surface area contributed by atoms with Crippen LogP contribution in [0.3, 0.4) is 0 Å². The summed E-state index contributed by atoms with van der Waals surface area (Å²) in [4.78, 5) is 18.8. The number of nitrogens with zero attached hydrogens (tertiary/aromatic N) is 2. The topological polar surface area (TPSA) is 71.2 Å². The number of carbonyl (C=O) groups is 1. The molecule has 0 radical (unpaired) electrons. The second-order valence-electron chi connectivity index (χ2n) is 6.95. The number of pyridine rings is 1. The van der Waals surface area contributed by atoms with Gasteiger partial charge >= 0.3 is 0 Å². The highest BCUT2D eigenvalue weighted by molar-refractivity contribution is 5.99.